The zero-order chi connectivity index (χ0) is 12.5. The summed E-state index contributed by atoms with van der Waals surface area (Å²) in [4.78, 5) is 3.26. The van der Waals surface area contributed by atoms with Gasteiger partial charge in [0.2, 0.25) is 0 Å². The highest BCUT2D eigenvalue weighted by Gasteiger charge is 2.39. The SMILES string of the molecule is Nc1ncc(C(F)F)c(C(F)(F)F)c1CCl. The summed E-state index contributed by atoms with van der Waals surface area (Å²) in [6.07, 6.45) is -7.81. The first-order chi connectivity index (χ1) is 7.29. The molecule has 0 aliphatic rings. The van der Waals surface area contributed by atoms with Crippen molar-refractivity contribution in [1.29, 1.82) is 0 Å². The number of aromatic nitrogens is 1. The monoisotopic (exact) mass is 260 g/mol. The van der Waals surface area contributed by atoms with Crippen LogP contribution in [0.2, 0.25) is 0 Å². The highest BCUT2D eigenvalue weighted by atomic mass is 35.5. The van der Waals surface area contributed by atoms with Gasteiger partial charge in [-0.1, -0.05) is 0 Å². The standard InChI is InChI=1S/C8H6ClF5N2/c9-1-3-5(8(12,13)14)4(6(10)11)2-16-7(3)15/h2,6H,1H2,(H2,15,16). The van der Waals surface area contributed by atoms with Gasteiger partial charge >= 0.3 is 6.18 Å². The zero-order valence-corrected chi connectivity index (χ0v) is 8.41. The molecule has 8 heteroatoms. The van der Waals surface area contributed by atoms with Crippen molar-refractivity contribution in [1.82, 2.24) is 4.98 Å². The lowest BCUT2D eigenvalue weighted by Gasteiger charge is -2.16. The van der Waals surface area contributed by atoms with E-state index in [1.165, 1.54) is 0 Å². The molecule has 0 amide bonds. The van der Waals surface area contributed by atoms with E-state index in [4.69, 9.17) is 17.3 Å². The highest BCUT2D eigenvalue weighted by Crippen LogP contribution is 2.40. The Hall–Kier alpha value is -1.11. The van der Waals surface area contributed by atoms with Crippen LogP contribution in [0, 0.1) is 0 Å². The minimum atomic E-state index is -4.94. The largest absolute Gasteiger partial charge is 0.417 e. The molecule has 1 aromatic rings. The number of hydrogen-bond acceptors (Lipinski definition) is 2. The van der Waals surface area contributed by atoms with E-state index in [0.717, 1.165) is 0 Å². The van der Waals surface area contributed by atoms with Gasteiger partial charge in [0, 0.05) is 17.3 Å². The number of alkyl halides is 6. The maximum atomic E-state index is 12.6. The van der Waals surface area contributed by atoms with Gasteiger partial charge in [0.1, 0.15) is 5.82 Å². The molecular weight excluding hydrogens is 255 g/mol. The second-order valence-electron chi connectivity index (χ2n) is 2.88. The average molecular weight is 261 g/mol. The third kappa shape index (κ3) is 2.34. The fourth-order valence-corrected chi connectivity index (χ4v) is 1.49. The van der Waals surface area contributed by atoms with Gasteiger partial charge in [-0.05, 0) is 0 Å². The fraction of sp³-hybridized carbons (Fsp3) is 0.375. The first kappa shape index (κ1) is 13.0. The summed E-state index contributed by atoms with van der Waals surface area (Å²) in [5.74, 6) is -1.12. The van der Waals surface area contributed by atoms with Crippen molar-refractivity contribution in [2.75, 3.05) is 5.73 Å². The maximum Gasteiger partial charge on any atom is 0.417 e. The number of nitrogens with zero attached hydrogens (tertiary/aromatic N) is 1. The number of nitrogens with two attached hydrogens (primary N) is 1. The Morgan fingerprint density at radius 2 is 1.94 bits per heavy atom. The van der Waals surface area contributed by atoms with Crippen LogP contribution in [0.3, 0.4) is 0 Å². The quantitative estimate of drug-likeness (QED) is 0.654. The lowest BCUT2D eigenvalue weighted by molar-refractivity contribution is -0.140. The number of halogens is 6. The molecule has 90 valence electrons. The van der Waals surface area contributed by atoms with E-state index in [-0.39, 0.29) is 0 Å². The van der Waals surface area contributed by atoms with Crippen molar-refractivity contribution in [2.24, 2.45) is 0 Å². The molecule has 0 saturated heterocycles. The number of pyridine rings is 1. The van der Waals surface area contributed by atoms with Gasteiger partial charge in [0.25, 0.3) is 6.43 Å². The topological polar surface area (TPSA) is 38.9 Å². The van der Waals surface area contributed by atoms with E-state index in [9.17, 15) is 22.0 Å². The lowest BCUT2D eigenvalue weighted by atomic mass is 10.0. The molecular formula is C8H6ClF5N2. The molecule has 0 spiro atoms. The summed E-state index contributed by atoms with van der Waals surface area (Å²) in [5, 5.41) is 0. The van der Waals surface area contributed by atoms with Crippen LogP contribution in [0.25, 0.3) is 0 Å². The maximum absolute atomic E-state index is 12.6. The van der Waals surface area contributed by atoms with E-state index in [2.05, 4.69) is 4.98 Å². The van der Waals surface area contributed by atoms with Gasteiger partial charge in [-0.3, -0.25) is 0 Å². The van der Waals surface area contributed by atoms with Gasteiger partial charge in [0.05, 0.1) is 11.4 Å². The number of hydrogen-bond donors (Lipinski definition) is 1. The summed E-state index contributed by atoms with van der Waals surface area (Å²) >= 11 is 5.26. The van der Waals surface area contributed by atoms with Crippen LogP contribution >= 0.6 is 11.6 Å². The molecule has 2 N–H and O–H groups in total. The van der Waals surface area contributed by atoms with Crippen molar-refractivity contribution in [2.45, 2.75) is 18.5 Å². The zero-order valence-electron chi connectivity index (χ0n) is 7.65. The van der Waals surface area contributed by atoms with E-state index < -0.39 is 41.0 Å². The molecule has 0 aliphatic carbocycles. The number of anilines is 1. The molecule has 0 fully saturated rings. The summed E-state index contributed by atoms with van der Waals surface area (Å²) in [6, 6.07) is 0. The van der Waals surface area contributed by atoms with Gasteiger partial charge in [0.15, 0.2) is 0 Å². The molecule has 1 rings (SSSR count). The molecule has 1 heterocycles. The van der Waals surface area contributed by atoms with Gasteiger partial charge in [-0.25, -0.2) is 13.8 Å². The van der Waals surface area contributed by atoms with Gasteiger partial charge in [-0.15, -0.1) is 11.6 Å². The van der Waals surface area contributed by atoms with Crippen LogP contribution in [0.1, 0.15) is 23.1 Å². The fourth-order valence-electron chi connectivity index (χ4n) is 1.22. The minimum Gasteiger partial charge on any atom is -0.383 e. The van der Waals surface area contributed by atoms with Crippen LogP contribution in [-0.2, 0) is 12.1 Å². The average Bonchev–Trinajstić information content (AvgIpc) is 2.15. The van der Waals surface area contributed by atoms with Crippen LogP contribution in [0.15, 0.2) is 6.20 Å². The predicted molar refractivity (Wildman–Crippen MR) is 48.2 cm³/mol. The van der Waals surface area contributed by atoms with E-state index in [0.29, 0.717) is 6.20 Å². The molecule has 0 unspecified atom stereocenters. The second-order valence-corrected chi connectivity index (χ2v) is 3.15. The first-order valence-electron chi connectivity index (χ1n) is 3.97. The van der Waals surface area contributed by atoms with E-state index in [1.807, 2.05) is 0 Å². The van der Waals surface area contributed by atoms with Gasteiger partial charge in [-0.2, -0.15) is 13.2 Å². The van der Waals surface area contributed by atoms with E-state index >= 15 is 0 Å². The molecule has 0 saturated carbocycles. The van der Waals surface area contributed by atoms with E-state index in [1.54, 1.807) is 0 Å². The molecule has 2 nitrogen and oxygen atoms in total. The summed E-state index contributed by atoms with van der Waals surface area (Å²) in [5.41, 5.74) is 1.83. The Morgan fingerprint density at radius 3 is 2.31 bits per heavy atom. The Bertz CT molecular complexity index is 391. The predicted octanol–water partition coefficient (Wildman–Crippen LogP) is 3.36. The van der Waals surface area contributed by atoms with Crippen LogP contribution in [-0.4, -0.2) is 4.98 Å². The third-order valence-corrected chi connectivity index (χ3v) is 2.16. The van der Waals surface area contributed by atoms with Gasteiger partial charge < -0.3 is 5.73 Å². The Labute approximate surface area is 92.2 Å². The molecule has 0 bridgehead atoms. The van der Waals surface area contributed by atoms with Crippen molar-refractivity contribution in [3.8, 4) is 0 Å². The summed E-state index contributed by atoms with van der Waals surface area (Å²) < 4.78 is 62.4. The summed E-state index contributed by atoms with van der Waals surface area (Å²) in [7, 11) is 0. The van der Waals surface area contributed by atoms with Crippen LogP contribution in [0.4, 0.5) is 27.8 Å². The Morgan fingerprint density at radius 1 is 1.38 bits per heavy atom. The van der Waals surface area contributed by atoms with Crippen molar-refractivity contribution < 1.29 is 22.0 Å². The van der Waals surface area contributed by atoms with Crippen LogP contribution in [0.5, 0.6) is 0 Å². The normalized spacial score (nSPS) is 12.2. The smallest absolute Gasteiger partial charge is 0.383 e. The highest BCUT2D eigenvalue weighted by molar-refractivity contribution is 6.17. The third-order valence-electron chi connectivity index (χ3n) is 1.89. The minimum absolute atomic E-state index is 0.416. The molecule has 16 heavy (non-hydrogen) atoms. The Balaban J connectivity index is 3.54. The van der Waals surface area contributed by atoms with Crippen LogP contribution < -0.4 is 5.73 Å². The number of nitrogen functional groups attached to an aromatic ring is 1. The number of rotatable bonds is 2. The molecule has 0 aromatic carbocycles. The van der Waals surface area contributed by atoms with Crippen molar-refractivity contribution in [3.05, 3.63) is 22.9 Å². The first-order valence-corrected chi connectivity index (χ1v) is 4.51. The second kappa shape index (κ2) is 4.40. The molecule has 1 aromatic heterocycles. The van der Waals surface area contributed by atoms with Crippen molar-refractivity contribution >= 4 is 17.4 Å². The Kier molecular flexibility index (Phi) is 3.57. The summed E-state index contributed by atoms with van der Waals surface area (Å²) in [6.45, 7) is 0. The molecule has 0 atom stereocenters. The molecule has 0 aliphatic heterocycles. The lowest BCUT2D eigenvalue weighted by Crippen LogP contribution is -2.15. The van der Waals surface area contributed by atoms with Crippen molar-refractivity contribution in [3.63, 3.8) is 0 Å². The molecule has 0 radical (unpaired) electrons.